The third-order valence-corrected chi connectivity index (χ3v) is 9.06. The van der Waals surface area contributed by atoms with E-state index in [1.54, 1.807) is 24.5 Å². The average Bonchev–Trinajstić information content (AvgIpc) is 3.63. The van der Waals surface area contributed by atoms with Crippen LogP contribution in [0.15, 0.2) is 97.3 Å². The summed E-state index contributed by atoms with van der Waals surface area (Å²) in [4.78, 5) is 3.56. The van der Waals surface area contributed by atoms with Gasteiger partial charge in [-0.3, -0.25) is 0 Å². The van der Waals surface area contributed by atoms with Gasteiger partial charge in [0.1, 0.15) is 0 Å². The van der Waals surface area contributed by atoms with Gasteiger partial charge < -0.3 is 4.98 Å². The fraction of sp³-hybridized carbons (Fsp3) is 0.200. The van der Waals surface area contributed by atoms with Gasteiger partial charge in [-0.15, -0.1) is 0 Å². The molecule has 0 spiro atoms. The summed E-state index contributed by atoms with van der Waals surface area (Å²) in [6.45, 7) is 4.02. The minimum atomic E-state index is -3.54. The fourth-order valence-electron chi connectivity index (χ4n) is 5.11. The molecular formula is C30H31N3O4S2. The highest BCUT2D eigenvalue weighted by molar-refractivity contribution is 7.89. The summed E-state index contributed by atoms with van der Waals surface area (Å²) in [5.41, 5.74) is 6.89. The number of hydrogen-bond acceptors (Lipinski definition) is 4. The number of hydrogen-bond donors (Lipinski definition) is 1. The van der Waals surface area contributed by atoms with E-state index in [4.69, 9.17) is 0 Å². The lowest BCUT2D eigenvalue weighted by molar-refractivity contribution is 0.589. The molecule has 0 fully saturated rings. The number of nitrogens with zero attached hydrogens (tertiary/aromatic N) is 2. The molecule has 39 heavy (non-hydrogen) atoms. The second-order valence-corrected chi connectivity index (χ2v) is 13.8. The van der Waals surface area contributed by atoms with E-state index in [2.05, 4.69) is 4.98 Å². The molecule has 0 aliphatic heterocycles. The largest absolute Gasteiger partial charge is 0.361 e. The van der Waals surface area contributed by atoms with Crippen molar-refractivity contribution in [3.63, 3.8) is 0 Å². The lowest BCUT2D eigenvalue weighted by Crippen LogP contribution is -2.18. The summed E-state index contributed by atoms with van der Waals surface area (Å²) in [6, 6.07) is 27.1. The molecule has 0 bridgehead atoms. The Morgan fingerprint density at radius 1 is 0.564 bits per heavy atom. The number of benzene rings is 2. The molecule has 0 saturated carbocycles. The zero-order chi connectivity index (χ0) is 27.9. The number of nitrogens with one attached hydrogen (secondary N) is 1. The molecule has 5 aromatic rings. The second kappa shape index (κ2) is 10.1. The number of aryl methyl sites for hydroxylation is 2. The Hall–Kier alpha value is -3.82. The Morgan fingerprint density at radius 3 is 1.26 bits per heavy atom. The monoisotopic (exact) mass is 561 g/mol. The maximum atomic E-state index is 12.6. The molecule has 0 amide bonds. The third-order valence-electron chi connectivity index (χ3n) is 6.97. The van der Waals surface area contributed by atoms with Gasteiger partial charge in [0.2, 0.25) is 20.0 Å². The molecular weight excluding hydrogens is 530 g/mol. The van der Waals surface area contributed by atoms with Crippen LogP contribution in [0.3, 0.4) is 0 Å². The van der Waals surface area contributed by atoms with Crippen molar-refractivity contribution in [1.29, 1.82) is 0 Å². The SMILES string of the molecule is Cc1ccc([C@H](c2ccc([C@H](c3ccc(C)cc3)c3cccn3S(C)(=O)=O)[nH]2)c2cccn2S(C)(=O)=O)cc1. The highest BCUT2D eigenvalue weighted by Gasteiger charge is 2.28. The van der Waals surface area contributed by atoms with Crippen molar-refractivity contribution in [2.24, 2.45) is 0 Å². The predicted molar refractivity (Wildman–Crippen MR) is 154 cm³/mol. The predicted octanol–water partition coefficient (Wildman–Crippen LogP) is 5.21. The van der Waals surface area contributed by atoms with Crippen molar-refractivity contribution in [1.82, 2.24) is 12.9 Å². The smallest absolute Gasteiger partial charge is 0.235 e. The first-order chi connectivity index (χ1) is 18.4. The molecule has 0 saturated heterocycles. The Kier molecular flexibility index (Phi) is 6.90. The molecule has 0 radical (unpaired) electrons. The first-order valence-electron chi connectivity index (χ1n) is 12.5. The summed E-state index contributed by atoms with van der Waals surface area (Å²) >= 11 is 0. The van der Waals surface area contributed by atoms with Gasteiger partial charge in [0.25, 0.3) is 0 Å². The summed E-state index contributed by atoms with van der Waals surface area (Å²) in [5, 5.41) is 0. The maximum absolute atomic E-state index is 12.6. The van der Waals surface area contributed by atoms with E-state index in [0.717, 1.165) is 33.6 Å². The lowest BCUT2D eigenvalue weighted by Gasteiger charge is -2.21. The van der Waals surface area contributed by atoms with Crippen LogP contribution in [0.25, 0.3) is 0 Å². The van der Waals surface area contributed by atoms with E-state index < -0.39 is 31.9 Å². The van der Waals surface area contributed by atoms with Crippen molar-refractivity contribution in [3.8, 4) is 0 Å². The normalized spacial score (nSPS) is 13.8. The number of H-pyrrole nitrogens is 1. The lowest BCUT2D eigenvalue weighted by atomic mass is 9.92. The van der Waals surface area contributed by atoms with Crippen LogP contribution in [0.5, 0.6) is 0 Å². The molecule has 0 aliphatic carbocycles. The van der Waals surface area contributed by atoms with E-state index >= 15 is 0 Å². The maximum Gasteiger partial charge on any atom is 0.235 e. The van der Waals surface area contributed by atoms with Gasteiger partial charge in [0.15, 0.2) is 0 Å². The topological polar surface area (TPSA) is 93.9 Å². The average molecular weight is 562 g/mol. The van der Waals surface area contributed by atoms with Gasteiger partial charge in [-0.25, -0.2) is 24.8 Å². The zero-order valence-corrected chi connectivity index (χ0v) is 23.9. The molecule has 3 heterocycles. The van der Waals surface area contributed by atoms with E-state index in [1.165, 1.54) is 20.5 Å². The van der Waals surface area contributed by atoms with E-state index in [9.17, 15) is 16.8 Å². The van der Waals surface area contributed by atoms with Crippen LogP contribution in [0.4, 0.5) is 0 Å². The molecule has 1 N–H and O–H groups in total. The van der Waals surface area contributed by atoms with Gasteiger partial charge in [-0.2, -0.15) is 0 Å². The molecule has 7 nitrogen and oxygen atoms in total. The van der Waals surface area contributed by atoms with Crippen LogP contribution in [0, 0.1) is 13.8 Å². The Labute approximate surface area is 229 Å². The van der Waals surface area contributed by atoms with Crippen molar-refractivity contribution in [2.45, 2.75) is 25.7 Å². The first-order valence-corrected chi connectivity index (χ1v) is 16.2. The minimum absolute atomic E-state index is 0.399. The molecule has 3 aromatic heterocycles. The molecule has 0 unspecified atom stereocenters. The van der Waals surface area contributed by atoms with Crippen molar-refractivity contribution in [2.75, 3.05) is 12.5 Å². The molecule has 5 rings (SSSR count). The van der Waals surface area contributed by atoms with E-state index in [0.29, 0.717) is 11.4 Å². The van der Waals surface area contributed by atoms with E-state index in [1.807, 2.05) is 86.6 Å². The molecule has 2 atom stereocenters. The molecule has 0 aliphatic rings. The molecule has 202 valence electrons. The van der Waals surface area contributed by atoms with Crippen LogP contribution >= 0.6 is 0 Å². The number of aromatic nitrogens is 3. The number of rotatable bonds is 8. The Morgan fingerprint density at radius 2 is 0.923 bits per heavy atom. The standard InChI is InChI=1S/C30H31N3O4S2/c1-21-9-13-23(14-10-21)29(27-7-5-19-32(27)38(3,34)35)25-17-18-26(31-25)30(24-15-11-22(2)12-16-24)28-8-6-20-33(28)39(4,36)37/h5-20,29-31H,1-4H3/t29-,30+. The highest BCUT2D eigenvalue weighted by Crippen LogP contribution is 2.37. The quantitative estimate of drug-likeness (QED) is 0.281. The van der Waals surface area contributed by atoms with Crippen molar-refractivity contribution in [3.05, 3.63) is 142 Å². The van der Waals surface area contributed by atoms with Crippen LogP contribution in [0.2, 0.25) is 0 Å². The third kappa shape index (κ3) is 5.37. The summed E-state index contributed by atoms with van der Waals surface area (Å²) in [5.74, 6) is -0.797. The van der Waals surface area contributed by atoms with Crippen LogP contribution in [-0.4, -0.2) is 42.3 Å². The zero-order valence-electron chi connectivity index (χ0n) is 22.2. The van der Waals surface area contributed by atoms with Gasteiger partial charge >= 0.3 is 0 Å². The van der Waals surface area contributed by atoms with Crippen molar-refractivity contribution < 1.29 is 16.8 Å². The Bertz CT molecular complexity index is 1690. The molecule has 2 aromatic carbocycles. The molecule has 9 heteroatoms. The summed E-state index contributed by atoms with van der Waals surface area (Å²) < 4.78 is 53.2. The van der Waals surface area contributed by atoms with E-state index in [-0.39, 0.29) is 0 Å². The first kappa shape index (κ1) is 26.8. The van der Waals surface area contributed by atoms with Gasteiger partial charge in [-0.05, 0) is 61.4 Å². The van der Waals surface area contributed by atoms with Gasteiger partial charge in [-0.1, -0.05) is 59.7 Å². The summed E-state index contributed by atoms with van der Waals surface area (Å²) in [6.07, 6.45) is 5.50. The minimum Gasteiger partial charge on any atom is -0.361 e. The Balaban J connectivity index is 1.70. The second-order valence-electron chi connectivity index (χ2n) is 10.0. The number of aromatic amines is 1. The van der Waals surface area contributed by atoms with Crippen LogP contribution < -0.4 is 0 Å². The highest BCUT2D eigenvalue weighted by atomic mass is 32.2. The van der Waals surface area contributed by atoms with Gasteiger partial charge in [0, 0.05) is 35.2 Å². The fourth-order valence-corrected chi connectivity index (χ4v) is 6.79. The van der Waals surface area contributed by atoms with Crippen LogP contribution in [0.1, 0.15) is 56.9 Å². The summed E-state index contributed by atoms with van der Waals surface area (Å²) in [7, 11) is -7.08. The van der Waals surface area contributed by atoms with Crippen molar-refractivity contribution >= 4 is 20.0 Å². The van der Waals surface area contributed by atoms with Crippen LogP contribution in [-0.2, 0) is 20.0 Å². The van der Waals surface area contributed by atoms with Gasteiger partial charge in [0.05, 0.1) is 24.3 Å².